The second-order valence-electron chi connectivity index (χ2n) is 2.89. The first-order valence-corrected chi connectivity index (χ1v) is 5.62. The van der Waals surface area contributed by atoms with E-state index in [1.807, 2.05) is 0 Å². The van der Waals surface area contributed by atoms with Gasteiger partial charge in [0.25, 0.3) is 0 Å². The molecule has 7 heteroatoms. The first kappa shape index (κ1) is 13.6. The van der Waals surface area contributed by atoms with Gasteiger partial charge in [-0.1, -0.05) is 6.07 Å². The monoisotopic (exact) mass is 327 g/mol. The van der Waals surface area contributed by atoms with Gasteiger partial charge in [-0.25, -0.2) is 4.79 Å². The number of benzene rings is 1. The third-order valence-corrected chi connectivity index (χ3v) is 2.93. The van der Waals surface area contributed by atoms with Gasteiger partial charge in [-0.2, -0.15) is 0 Å². The summed E-state index contributed by atoms with van der Waals surface area (Å²) in [6.45, 7) is 0.131. The number of nitrogens with zero attached hydrogens (tertiary/aromatic N) is 1. The Hall–Kier alpha value is -0.490. The summed E-state index contributed by atoms with van der Waals surface area (Å²) in [6.07, 6.45) is 0. The van der Waals surface area contributed by atoms with Crippen LogP contribution < -0.4 is 0 Å². The molecule has 16 heavy (non-hydrogen) atoms. The lowest BCUT2D eigenvalue weighted by Gasteiger charge is -2.12. The molecule has 0 aliphatic rings. The van der Waals surface area contributed by atoms with E-state index in [1.165, 1.54) is 13.2 Å². The van der Waals surface area contributed by atoms with Crippen molar-refractivity contribution in [1.82, 2.24) is 3.94 Å². The van der Waals surface area contributed by atoms with Gasteiger partial charge in [0.15, 0.2) is 0 Å². The Labute approximate surface area is 111 Å². The van der Waals surface area contributed by atoms with E-state index in [0.717, 1.165) is 3.94 Å². The molecule has 0 saturated carbocycles. The lowest BCUT2D eigenvalue weighted by Crippen LogP contribution is -2.10. The molecule has 0 fully saturated rings. The molecule has 1 aromatic carbocycles. The molecule has 0 amide bonds. The zero-order valence-corrected chi connectivity index (χ0v) is 11.3. The van der Waals surface area contributed by atoms with Crippen LogP contribution >= 0.6 is 39.5 Å². The molecule has 1 rings (SSSR count). The Morgan fingerprint density at radius 2 is 2.19 bits per heavy atom. The Balaban J connectivity index is 3.27. The van der Waals surface area contributed by atoms with E-state index in [-0.39, 0.29) is 22.3 Å². The summed E-state index contributed by atoms with van der Waals surface area (Å²) in [7, 11) is 1.25. The molecular formula is C9H8BrCl2NO3. The second kappa shape index (κ2) is 5.72. The van der Waals surface area contributed by atoms with Crippen molar-refractivity contribution in [1.29, 1.82) is 0 Å². The van der Waals surface area contributed by atoms with Gasteiger partial charge < -0.3 is 9.84 Å². The molecule has 0 radical (unpaired) electrons. The maximum atomic E-state index is 11.5. The summed E-state index contributed by atoms with van der Waals surface area (Å²) in [5.74, 6) is -0.632. The summed E-state index contributed by atoms with van der Waals surface area (Å²) in [6, 6.07) is 2.98. The predicted molar refractivity (Wildman–Crippen MR) is 64.4 cm³/mol. The molecule has 0 aliphatic carbocycles. The topological polar surface area (TPSA) is 49.8 Å². The van der Waals surface area contributed by atoms with Crippen LogP contribution in [0.2, 0.25) is 0 Å². The number of methoxy groups -OCH3 is 1. The zero-order valence-electron chi connectivity index (χ0n) is 8.21. The number of rotatable bonds is 3. The van der Waals surface area contributed by atoms with E-state index in [4.69, 9.17) is 23.6 Å². The molecule has 0 heterocycles. The van der Waals surface area contributed by atoms with Crippen LogP contribution in [-0.2, 0) is 11.3 Å². The van der Waals surface area contributed by atoms with Crippen LogP contribution in [0.1, 0.15) is 15.9 Å². The SMILES string of the molecule is COC(=O)c1c(CN(Cl)Cl)ccc(O)c1Br. The second-order valence-corrected chi connectivity index (χ2v) is 4.67. The number of hydrogen-bond donors (Lipinski definition) is 1. The number of esters is 1. The number of carbonyl (C=O) groups is 1. The largest absolute Gasteiger partial charge is 0.507 e. The highest BCUT2D eigenvalue weighted by Crippen LogP contribution is 2.31. The Morgan fingerprint density at radius 1 is 1.56 bits per heavy atom. The molecule has 0 bridgehead atoms. The summed E-state index contributed by atoms with van der Waals surface area (Å²) < 4.78 is 5.75. The van der Waals surface area contributed by atoms with Gasteiger partial charge >= 0.3 is 5.97 Å². The van der Waals surface area contributed by atoms with Gasteiger partial charge in [-0.15, -0.1) is 3.94 Å². The Morgan fingerprint density at radius 3 is 2.69 bits per heavy atom. The van der Waals surface area contributed by atoms with Crippen molar-refractivity contribution in [2.45, 2.75) is 6.54 Å². The molecule has 0 atom stereocenters. The minimum absolute atomic E-state index is 0.0557. The van der Waals surface area contributed by atoms with E-state index >= 15 is 0 Å². The number of ether oxygens (including phenoxy) is 1. The molecular weight excluding hydrogens is 321 g/mol. The quantitative estimate of drug-likeness (QED) is 0.684. The minimum atomic E-state index is -0.576. The molecule has 0 aliphatic heterocycles. The smallest absolute Gasteiger partial charge is 0.339 e. The molecule has 4 nitrogen and oxygen atoms in total. The van der Waals surface area contributed by atoms with Gasteiger partial charge in [-0.05, 0) is 51.1 Å². The highest BCUT2D eigenvalue weighted by Gasteiger charge is 2.19. The fraction of sp³-hybridized carbons (Fsp3) is 0.222. The zero-order chi connectivity index (χ0) is 12.3. The van der Waals surface area contributed by atoms with Crippen LogP contribution in [0.3, 0.4) is 0 Å². The highest BCUT2D eigenvalue weighted by molar-refractivity contribution is 9.10. The molecule has 0 aromatic heterocycles. The van der Waals surface area contributed by atoms with Crippen molar-refractivity contribution in [3.8, 4) is 5.75 Å². The number of carbonyl (C=O) groups excluding carboxylic acids is 1. The van der Waals surface area contributed by atoms with Crippen LogP contribution in [0.25, 0.3) is 0 Å². The molecule has 0 unspecified atom stereocenters. The fourth-order valence-electron chi connectivity index (χ4n) is 1.19. The predicted octanol–water partition coefficient (Wildman–Crippen LogP) is 3.05. The average Bonchev–Trinajstić information content (AvgIpc) is 2.22. The van der Waals surface area contributed by atoms with E-state index < -0.39 is 5.97 Å². The molecule has 88 valence electrons. The maximum absolute atomic E-state index is 11.5. The fourth-order valence-corrected chi connectivity index (χ4v) is 1.99. The highest BCUT2D eigenvalue weighted by atomic mass is 79.9. The van der Waals surface area contributed by atoms with Crippen molar-refractivity contribution in [3.63, 3.8) is 0 Å². The molecule has 1 N–H and O–H groups in total. The summed E-state index contributed by atoms with van der Waals surface area (Å²) in [5, 5.41) is 9.47. The Kier molecular flexibility index (Phi) is 4.86. The van der Waals surface area contributed by atoms with Gasteiger partial charge in [0.1, 0.15) is 5.75 Å². The van der Waals surface area contributed by atoms with E-state index in [1.54, 1.807) is 6.07 Å². The number of halogens is 3. The van der Waals surface area contributed by atoms with Gasteiger partial charge in [-0.3, -0.25) is 0 Å². The normalized spacial score (nSPS) is 10.6. The third-order valence-electron chi connectivity index (χ3n) is 1.89. The first-order chi connectivity index (χ1) is 7.47. The van der Waals surface area contributed by atoms with E-state index in [9.17, 15) is 9.90 Å². The van der Waals surface area contributed by atoms with Crippen LogP contribution in [0.4, 0.5) is 0 Å². The van der Waals surface area contributed by atoms with E-state index in [0.29, 0.717) is 5.56 Å². The molecule has 0 spiro atoms. The van der Waals surface area contributed by atoms with E-state index in [2.05, 4.69) is 20.7 Å². The van der Waals surface area contributed by atoms with Gasteiger partial charge in [0.2, 0.25) is 0 Å². The van der Waals surface area contributed by atoms with Crippen molar-refractivity contribution >= 4 is 45.5 Å². The number of phenolic OH excluding ortho intramolecular Hbond substituents is 1. The van der Waals surface area contributed by atoms with Crippen LogP contribution in [0, 0.1) is 0 Å². The third kappa shape index (κ3) is 3.01. The van der Waals surface area contributed by atoms with Gasteiger partial charge in [0, 0.05) is 0 Å². The molecule has 1 aromatic rings. The van der Waals surface area contributed by atoms with Crippen molar-refractivity contribution in [2.24, 2.45) is 0 Å². The number of hydrogen-bond acceptors (Lipinski definition) is 4. The van der Waals surface area contributed by atoms with Gasteiger partial charge in [0.05, 0.1) is 23.7 Å². The molecule has 0 saturated heterocycles. The lowest BCUT2D eigenvalue weighted by molar-refractivity contribution is 0.0597. The first-order valence-electron chi connectivity index (χ1n) is 4.15. The number of aromatic hydroxyl groups is 1. The summed E-state index contributed by atoms with van der Waals surface area (Å²) in [5.41, 5.74) is 0.746. The lowest BCUT2D eigenvalue weighted by atomic mass is 10.1. The van der Waals surface area contributed by atoms with Crippen LogP contribution in [0.15, 0.2) is 16.6 Å². The number of phenols is 1. The minimum Gasteiger partial charge on any atom is -0.507 e. The van der Waals surface area contributed by atoms with Crippen LogP contribution in [-0.4, -0.2) is 22.1 Å². The summed E-state index contributed by atoms with van der Waals surface area (Å²) >= 11 is 14.1. The standard InChI is InChI=1S/C9H8BrCl2NO3/c1-16-9(15)7-5(4-13(11)12)2-3-6(14)8(7)10/h2-3,14H,4H2,1H3. The van der Waals surface area contributed by atoms with Crippen molar-refractivity contribution in [3.05, 3.63) is 27.7 Å². The Bertz CT molecular complexity index is 412. The van der Waals surface area contributed by atoms with Crippen molar-refractivity contribution < 1.29 is 14.6 Å². The summed E-state index contributed by atoms with van der Waals surface area (Å²) in [4.78, 5) is 11.5. The average molecular weight is 329 g/mol. The van der Waals surface area contributed by atoms with Crippen LogP contribution in [0.5, 0.6) is 5.75 Å². The van der Waals surface area contributed by atoms with Crippen molar-refractivity contribution in [2.75, 3.05) is 7.11 Å². The maximum Gasteiger partial charge on any atom is 0.339 e.